The summed E-state index contributed by atoms with van der Waals surface area (Å²) in [7, 11) is 0. The highest BCUT2D eigenvalue weighted by Gasteiger charge is 2.16. The molecule has 2 aromatic rings. The SMILES string of the molecule is Cc1cc(Cn2ccc(C(C)(C)C)n2)no1. The van der Waals surface area contributed by atoms with Crippen LogP contribution in [-0.2, 0) is 12.0 Å². The van der Waals surface area contributed by atoms with Gasteiger partial charge in [-0.3, -0.25) is 4.68 Å². The molecule has 0 saturated heterocycles. The summed E-state index contributed by atoms with van der Waals surface area (Å²) in [6.07, 6.45) is 1.98. The Morgan fingerprint density at radius 1 is 1.38 bits per heavy atom. The van der Waals surface area contributed by atoms with Gasteiger partial charge in [-0.2, -0.15) is 5.10 Å². The quantitative estimate of drug-likeness (QED) is 0.779. The maximum atomic E-state index is 5.02. The van der Waals surface area contributed by atoms with E-state index in [4.69, 9.17) is 4.52 Å². The summed E-state index contributed by atoms with van der Waals surface area (Å²) in [5, 5.41) is 8.47. The molecule has 0 spiro atoms. The molecule has 2 rings (SSSR count). The third-order valence-electron chi connectivity index (χ3n) is 2.41. The topological polar surface area (TPSA) is 43.9 Å². The van der Waals surface area contributed by atoms with Crippen LogP contribution in [0.3, 0.4) is 0 Å². The van der Waals surface area contributed by atoms with Crippen molar-refractivity contribution in [2.45, 2.75) is 39.7 Å². The summed E-state index contributed by atoms with van der Waals surface area (Å²) >= 11 is 0. The highest BCUT2D eigenvalue weighted by molar-refractivity contribution is 5.11. The van der Waals surface area contributed by atoms with E-state index in [0.717, 1.165) is 17.1 Å². The van der Waals surface area contributed by atoms with Crippen LogP contribution in [0.5, 0.6) is 0 Å². The van der Waals surface area contributed by atoms with Crippen LogP contribution in [0.4, 0.5) is 0 Å². The molecule has 0 N–H and O–H groups in total. The minimum atomic E-state index is 0.0883. The van der Waals surface area contributed by atoms with Gasteiger partial charge in [0, 0.05) is 17.7 Å². The number of aryl methyl sites for hydroxylation is 1. The van der Waals surface area contributed by atoms with Gasteiger partial charge >= 0.3 is 0 Å². The Labute approximate surface area is 95.3 Å². The predicted molar refractivity (Wildman–Crippen MR) is 61.3 cm³/mol. The van der Waals surface area contributed by atoms with Gasteiger partial charge in [0.05, 0.1) is 12.2 Å². The van der Waals surface area contributed by atoms with Crippen LogP contribution in [0.2, 0.25) is 0 Å². The molecule has 0 bridgehead atoms. The van der Waals surface area contributed by atoms with Gasteiger partial charge in [-0.05, 0) is 13.0 Å². The van der Waals surface area contributed by atoms with Gasteiger partial charge in [0.15, 0.2) is 0 Å². The van der Waals surface area contributed by atoms with E-state index in [9.17, 15) is 0 Å². The number of hydrogen-bond acceptors (Lipinski definition) is 3. The third-order valence-corrected chi connectivity index (χ3v) is 2.41. The maximum Gasteiger partial charge on any atom is 0.133 e. The first-order valence-electron chi connectivity index (χ1n) is 5.41. The molecule has 0 fully saturated rings. The van der Waals surface area contributed by atoms with E-state index in [1.165, 1.54) is 0 Å². The van der Waals surface area contributed by atoms with Crippen LogP contribution in [-0.4, -0.2) is 14.9 Å². The number of rotatable bonds is 2. The van der Waals surface area contributed by atoms with Gasteiger partial charge in [-0.1, -0.05) is 25.9 Å². The van der Waals surface area contributed by atoms with Crippen molar-refractivity contribution in [1.29, 1.82) is 0 Å². The molecule has 0 radical (unpaired) electrons. The molecule has 0 unspecified atom stereocenters. The summed E-state index contributed by atoms with van der Waals surface area (Å²) in [6, 6.07) is 3.98. The molecule has 0 aliphatic carbocycles. The molecule has 0 atom stereocenters. The van der Waals surface area contributed by atoms with Crippen LogP contribution in [0, 0.1) is 6.92 Å². The van der Waals surface area contributed by atoms with Crippen molar-refractivity contribution in [3.63, 3.8) is 0 Å². The Hall–Kier alpha value is -1.58. The van der Waals surface area contributed by atoms with Crippen LogP contribution >= 0.6 is 0 Å². The largest absolute Gasteiger partial charge is 0.361 e. The van der Waals surface area contributed by atoms with Gasteiger partial charge in [-0.25, -0.2) is 0 Å². The van der Waals surface area contributed by atoms with Crippen molar-refractivity contribution in [3.8, 4) is 0 Å². The van der Waals surface area contributed by atoms with Crippen molar-refractivity contribution < 1.29 is 4.52 Å². The zero-order chi connectivity index (χ0) is 11.8. The molecular formula is C12H17N3O. The molecule has 4 nitrogen and oxygen atoms in total. The summed E-state index contributed by atoms with van der Waals surface area (Å²) in [4.78, 5) is 0. The lowest BCUT2D eigenvalue weighted by atomic mass is 9.93. The average Bonchev–Trinajstić information content (AvgIpc) is 2.74. The van der Waals surface area contributed by atoms with Crippen LogP contribution in [0.1, 0.15) is 37.9 Å². The molecular weight excluding hydrogens is 202 g/mol. The van der Waals surface area contributed by atoms with Crippen molar-refractivity contribution in [2.75, 3.05) is 0 Å². The molecule has 0 aliphatic rings. The Bertz CT molecular complexity index is 476. The maximum absolute atomic E-state index is 5.02. The second kappa shape index (κ2) is 3.77. The van der Waals surface area contributed by atoms with Crippen molar-refractivity contribution in [3.05, 3.63) is 35.5 Å². The predicted octanol–water partition coefficient (Wildman–Crippen LogP) is 2.53. The van der Waals surface area contributed by atoms with E-state index in [0.29, 0.717) is 6.54 Å². The first-order chi connectivity index (χ1) is 7.45. The molecule has 86 valence electrons. The van der Waals surface area contributed by atoms with Crippen LogP contribution in [0.25, 0.3) is 0 Å². The zero-order valence-corrected chi connectivity index (χ0v) is 10.2. The van der Waals surface area contributed by atoms with E-state index in [2.05, 4.69) is 31.0 Å². The van der Waals surface area contributed by atoms with E-state index in [1.807, 2.05) is 29.9 Å². The first-order valence-corrected chi connectivity index (χ1v) is 5.41. The van der Waals surface area contributed by atoms with Gasteiger partial charge in [0.1, 0.15) is 11.5 Å². The van der Waals surface area contributed by atoms with Crippen molar-refractivity contribution in [1.82, 2.24) is 14.9 Å². The Balaban J connectivity index is 2.14. The number of nitrogens with zero attached hydrogens (tertiary/aromatic N) is 3. The molecule has 0 aliphatic heterocycles. The molecule has 2 aromatic heterocycles. The Morgan fingerprint density at radius 2 is 2.12 bits per heavy atom. The molecule has 4 heteroatoms. The van der Waals surface area contributed by atoms with Crippen molar-refractivity contribution in [2.24, 2.45) is 0 Å². The van der Waals surface area contributed by atoms with Crippen LogP contribution in [0.15, 0.2) is 22.9 Å². The lowest BCUT2D eigenvalue weighted by molar-refractivity contribution is 0.387. The van der Waals surface area contributed by atoms with E-state index in [-0.39, 0.29) is 5.41 Å². The smallest absolute Gasteiger partial charge is 0.133 e. The lowest BCUT2D eigenvalue weighted by Gasteiger charge is -2.14. The minimum Gasteiger partial charge on any atom is -0.361 e. The van der Waals surface area contributed by atoms with Gasteiger partial charge in [0.2, 0.25) is 0 Å². The standard InChI is InChI=1S/C12H17N3O/c1-9-7-10(14-16-9)8-15-6-5-11(13-15)12(2,3)4/h5-7H,8H2,1-4H3. The van der Waals surface area contributed by atoms with Gasteiger partial charge < -0.3 is 4.52 Å². The molecule has 0 saturated carbocycles. The molecule has 16 heavy (non-hydrogen) atoms. The fourth-order valence-corrected chi connectivity index (χ4v) is 1.51. The summed E-state index contributed by atoms with van der Waals surface area (Å²) < 4.78 is 6.91. The second-order valence-corrected chi connectivity index (χ2v) is 5.08. The third kappa shape index (κ3) is 2.32. The first kappa shape index (κ1) is 10.9. The van der Waals surface area contributed by atoms with Crippen LogP contribution < -0.4 is 0 Å². The zero-order valence-electron chi connectivity index (χ0n) is 10.2. The minimum absolute atomic E-state index is 0.0883. The number of hydrogen-bond donors (Lipinski definition) is 0. The molecule has 0 amide bonds. The summed E-state index contributed by atoms with van der Waals surface area (Å²) in [5.41, 5.74) is 2.08. The molecule has 0 aromatic carbocycles. The van der Waals surface area contributed by atoms with Crippen molar-refractivity contribution >= 4 is 0 Å². The molecule has 2 heterocycles. The number of aromatic nitrogens is 3. The summed E-state index contributed by atoms with van der Waals surface area (Å²) in [6.45, 7) is 9.01. The Morgan fingerprint density at radius 3 is 2.62 bits per heavy atom. The lowest BCUT2D eigenvalue weighted by Crippen LogP contribution is -2.13. The normalized spacial score (nSPS) is 12.0. The highest BCUT2D eigenvalue weighted by atomic mass is 16.5. The Kier molecular flexibility index (Phi) is 2.58. The second-order valence-electron chi connectivity index (χ2n) is 5.08. The van der Waals surface area contributed by atoms with E-state index < -0.39 is 0 Å². The summed E-state index contributed by atoms with van der Waals surface area (Å²) in [5.74, 6) is 0.832. The monoisotopic (exact) mass is 219 g/mol. The van der Waals surface area contributed by atoms with Gasteiger partial charge in [-0.15, -0.1) is 0 Å². The highest BCUT2D eigenvalue weighted by Crippen LogP contribution is 2.19. The average molecular weight is 219 g/mol. The van der Waals surface area contributed by atoms with E-state index in [1.54, 1.807) is 0 Å². The van der Waals surface area contributed by atoms with E-state index >= 15 is 0 Å². The fraction of sp³-hybridized carbons (Fsp3) is 0.500. The fourth-order valence-electron chi connectivity index (χ4n) is 1.51. The van der Waals surface area contributed by atoms with Gasteiger partial charge in [0.25, 0.3) is 0 Å².